The summed E-state index contributed by atoms with van der Waals surface area (Å²) in [5, 5.41) is 6.65. The third-order valence-corrected chi connectivity index (χ3v) is 8.69. The zero-order valence-corrected chi connectivity index (χ0v) is 23.7. The Morgan fingerprint density at radius 1 is 1.02 bits per heavy atom. The van der Waals surface area contributed by atoms with Crippen molar-refractivity contribution in [1.82, 2.24) is 15.3 Å². The van der Waals surface area contributed by atoms with E-state index in [4.69, 9.17) is 14.5 Å². The van der Waals surface area contributed by atoms with E-state index in [9.17, 15) is 9.59 Å². The van der Waals surface area contributed by atoms with Gasteiger partial charge in [0.25, 0.3) is 0 Å². The van der Waals surface area contributed by atoms with E-state index in [0.29, 0.717) is 41.4 Å². The number of amides is 3. The maximum absolute atomic E-state index is 13.4. The van der Waals surface area contributed by atoms with E-state index in [0.717, 1.165) is 30.7 Å². The van der Waals surface area contributed by atoms with Crippen molar-refractivity contribution in [2.75, 3.05) is 36.4 Å². The Morgan fingerprint density at radius 3 is 2.42 bits per heavy atom. The molecule has 10 nitrogen and oxygen atoms in total. The quantitative estimate of drug-likeness (QED) is 0.452. The molecule has 2 heterocycles. The van der Waals surface area contributed by atoms with Crippen molar-refractivity contribution < 1.29 is 19.1 Å². The number of carbonyl (C=O) groups excluding carboxylic acids is 2. The molecule has 2 N–H and O–H groups in total. The number of nitrogens with zero attached hydrogens (tertiary/aromatic N) is 4. The highest BCUT2D eigenvalue weighted by atomic mass is 16.5. The fraction of sp³-hybridized carbons (Fsp3) is 0.533. The van der Waals surface area contributed by atoms with Gasteiger partial charge in [-0.1, -0.05) is 38.7 Å². The van der Waals surface area contributed by atoms with Crippen LogP contribution >= 0.6 is 0 Å². The van der Waals surface area contributed by atoms with Gasteiger partial charge in [-0.2, -0.15) is 4.98 Å². The van der Waals surface area contributed by atoms with Crippen molar-refractivity contribution in [3.05, 3.63) is 42.6 Å². The minimum Gasteiger partial charge on any atom is -0.497 e. The lowest BCUT2D eigenvalue weighted by Crippen LogP contribution is -2.51. The van der Waals surface area contributed by atoms with Crippen molar-refractivity contribution >= 4 is 29.4 Å². The number of urea groups is 1. The average molecular weight is 549 g/mol. The molecule has 40 heavy (non-hydrogen) atoms. The van der Waals surface area contributed by atoms with Crippen LogP contribution in [0.2, 0.25) is 0 Å². The summed E-state index contributed by atoms with van der Waals surface area (Å²) in [6, 6.07) is 5.12. The highest BCUT2D eigenvalue weighted by Crippen LogP contribution is 2.39. The second-order valence-electron chi connectivity index (χ2n) is 11.1. The summed E-state index contributed by atoms with van der Waals surface area (Å²) >= 11 is 0. The van der Waals surface area contributed by atoms with Crippen LogP contribution in [0.25, 0.3) is 0 Å². The van der Waals surface area contributed by atoms with Crippen LogP contribution in [0.3, 0.4) is 0 Å². The number of hydrogen-bond donors (Lipinski definition) is 2. The van der Waals surface area contributed by atoms with Gasteiger partial charge in [-0.05, 0) is 37.2 Å². The number of benzene rings is 1. The Morgan fingerprint density at radius 2 is 1.75 bits per heavy atom. The molecular formula is C30H40N6O4. The molecule has 1 aromatic carbocycles. The SMILES string of the molecule is C=CC(=O)NC1CCC(C2CCCCC2)CC1Nc1ncc2c(n1)N(C)C(=O)N(c1cc(OC)cc(OC)c1)C2. The van der Waals surface area contributed by atoms with Gasteiger partial charge in [-0.25, -0.2) is 9.78 Å². The van der Waals surface area contributed by atoms with Crippen LogP contribution in [-0.4, -0.2) is 55.3 Å². The standard InChI is InChI=1S/C30H40N6O4/c1-5-27(37)32-25-12-11-20(19-9-7-6-8-10-19)13-26(25)33-29-31-17-21-18-36(30(38)35(2)28(21)34-29)22-14-23(39-3)16-24(15-22)40-4/h5,14-17,19-20,25-26H,1,6-13,18H2,2-4H3,(H,32,37)(H,31,33,34). The largest absolute Gasteiger partial charge is 0.497 e. The van der Waals surface area contributed by atoms with Crippen molar-refractivity contribution in [3.63, 3.8) is 0 Å². The van der Waals surface area contributed by atoms with Gasteiger partial charge in [0.05, 0.1) is 26.5 Å². The zero-order valence-electron chi connectivity index (χ0n) is 23.7. The monoisotopic (exact) mass is 548 g/mol. The van der Waals surface area contributed by atoms with Crippen LogP contribution in [0.1, 0.15) is 56.9 Å². The molecule has 10 heteroatoms. The van der Waals surface area contributed by atoms with Crippen molar-refractivity contribution in [1.29, 1.82) is 0 Å². The summed E-state index contributed by atoms with van der Waals surface area (Å²) in [6.07, 6.45) is 12.6. The van der Waals surface area contributed by atoms with E-state index in [2.05, 4.69) is 22.2 Å². The smallest absolute Gasteiger partial charge is 0.330 e. The number of rotatable bonds is 8. The summed E-state index contributed by atoms with van der Waals surface area (Å²) in [5.41, 5.74) is 1.49. The van der Waals surface area contributed by atoms with E-state index in [1.165, 1.54) is 38.2 Å². The number of fused-ring (bicyclic) bond motifs is 1. The van der Waals surface area contributed by atoms with Crippen molar-refractivity contribution in [2.45, 2.75) is 70.0 Å². The molecule has 0 bridgehead atoms. The first-order valence-electron chi connectivity index (χ1n) is 14.2. The molecule has 0 radical (unpaired) electrons. The number of methoxy groups -OCH3 is 2. The Labute approximate surface area is 236 Å². The van der Waals surface area contributed by atoms with Crippen molar-refractivity contribution in [3.8, 4) is 11.5 Å². The van der Waals surface area contributed by atoms with Gasteiger partial charge >= 0.3 is 6.03 Å². The molecular weight excluding hydrogens is 508 g/mol. The second kappa shape index (κ2) is 12.1. The molecule has 2 saturated carbocycles. The Balaban J connectivity index is 1.36. The fourth-order valence-electron chi connectivity index (χ4n) is 6.51. The van der Waals surface area contributed by atoms with Gasteiger partial charge in [0, 0.05) is 49.1 Å². The zero-order chi connectivity index (χ0) is 28.2. The molecule has 1 aliphatic heterocycles. The number of aromatic nitrogens is 2. The van der Waals surface area contributed by atoms with Crippen LogP contribution < -0.4 is 29.9 Å². The van der Waals surface area contributed by atoms with Gasteiger partial charge in [-0.3, -0.25) is 14.6 Å². The third kappa shape index (κ3) is 5.85. The average Bonchev–Trinajstić information content (AvgIpc) is 3.00. The molecule has 2 aromatic rings. The Bertz CT molecular complexity index is 1220. The van der Waals surface area contributed by atoms with Crippen LogP contribution in [0.15, 0.2) is 37.1 Å². The highest BCUT2D eigenvalue weighted by Gasteiger charge is 2.36. The molecule has 1 aromatic heterocycles. The second-order valence-corrected chi connectivity index (χ2v) is 11.1. The lowest BCUT2D eigenvalue weighted by atomic mass is 9.71. The first-order chi connectivity index (χ1) is 19.4. The summed E-state index contributed by atoms with van der Waals surface area (Å²) in [4.78, 5) is 38.3. The molecule has 3 atom stereocenters. The van der Waals surface area contributed by atoms with Gasteiger partial charge in [0.2, 0.25) is 11.9 Å². The van der Waals surface area contributed by atoms with Gasteiger partial charge in [-0.15, -0.1) is 0 Å². The number of hydrogen-bond acceptors (Lipinski definition) is 7. The topological polar surface area (TPSA) is 109 Å². The number of ether oxygens (including phenoxy) is 2. The molecule has 0 spiro atoms. The molecule has 2 fully saturated rings. The van der Waals surface area contributed by atoms with E-state index < -0.39 is 0 Å². The predicted molar refractivity (Wildman–Crippen MR) is 155 cm³/mol. The molecule has 2 aliphatic carbocycles. The number of nitrogens with one attached hydrogen (secondary N) is 2. The number of carbonyl (C=O) groups is 2. The Kier molecular flexibility index (Phi) is 8.42. The lowest BCUT2D eigenvalue weighted by Gasteiger charge is -2.41. The lowest BCUT2D eigenvalue weighted by molar-refractivity contribution is -0.117. The summed E-state index contributed by atoms with van der Waals surface area (Å²) < 4.78 is 10.8. The number of anilines is 3. The van der Waals surface area contributed by atoms with E-state index in [1.54, 1.807) is 55.5 Å². The van der Waals surface area contributed by atoms with Crippen molar-refractivity contribution in [2.24, 2.45) is 11.8 Å². The minimum absolute atomic E-state index is 0.00651. The molecule has 0 saturated heterocycles. The maximum atomic E-state index is 13.4. The van der Waals surface area contributed by atoms with E-state index in [1.807, 2.05) is 0 Å². The summed E-state index contributed by atoms with van der Waals surface area (Å²) in [7, 11) is 4.88. The first-order valence-corrected chi connectivity index (χ1v) is 14.2. The molecule has 3 amide bonds. The van der Waals surface area contributed by atoms with Gasteiger partial charge < -0.3 is 20.1 Å². The van der Waals surface area contributed by atoms with E-state index in [-0.39, 0.29) is 24.0 Å². The highest BCUT2D eigenvalue weighted by molar-refractivity contribution is 6.05. The van der Waals surface area contributed by atoms with Crippen LogP contribution in [-0.2, 0) is 11.3 Å². The normalized spacial score (nSPS) is 23.3. The van der Waals surface area contributed by atoms with Gasteiger partial charge in [0.15, 0.2) is 0 Å². The summed E-state index contributed by atoms with van der Waals surface area (Å²) in [5.74, 6) is 3.42. The summed E-state index contributed by atoms with van der Waals surface area (Å²) in [6.45, 7) is 3.94. The molecule has 214 valence electrons. The van der Waals surface area contributed by atoms with Crippen LogP contribution in [0.4, 0.5) is 22.2 Å². The fourth-order valence-corrected chi connectivity index (χ4v) is 6.51. The van der Waals surface area contributed by atoms with Crippen LogP contribution in [0.5, 0.6) is 11.5 Å². The first kappa shape index (κ1) is 27.7. The van der Waals surface area contributed by atoms with Gasteiger partial charge in [0.1, 0.15) is 17.3 Å². The molecule has 3 unspecified atom stereocenters. The van der Waals surface area contributed by atoms with Crippen LogP contribution in [0, 0.1) is 11.8 Å². The minimum atomic E-state index is -0.210. The van der Waals surface area contributed by atoms with E-state index >= 15 is 0 Å². The maximum Gasteiger partial charge on any atom is 0.330 e. The molecule has 5 rings (SSSR count). The predicted octanol–water partition coefficient (Wildman–Crippen LogP) is 4.90. The molecule has 3 aliphatic rings. The Hall–Kier alpha value is -3.82. The third-order valence-electron chi connectivity index (χ3n) is 8.69.